The Labute approximate surface area is 217 Å². The Bertz CT molecular complexity index is 1140. The van der Waals surface area contributed by atoms with Crippen molar-refractivity contribution in [1.29, 1.82) is 0 Å². The van der Waals surface area contributed by atoms with Crippen LogP contribution in [-0.4, -0.2) is 23.0 Å². The number of hydrogen-bond donors (Lipinski definition) is 0. The van der Waals surface area contributed by atoms with Crippen LogP contribution in [0.5, 0.6) is 0 Å². The Morgan fingerprint density at radius 2 is 1.24 bits per heavy atom. The minimum atomic E-state index is -0.392. The zero-order chi connectivity index (χ0) is 25.3. The SMILES string of the molecule is COC(=O)c1c(I)n(-c2c(C(C)C)cccc2C(C)C)n[n+]1-c1c(C(C)C)cccc1C(C)C. The summed E-state index contributed by atoms with van der Waals surface area (Å²) in [4.78, 5) is 13.2. The minimum absolute atomic E-state index is 0.267. The van der Waals surface area contributed by atoms with Gasteiger partial charge in [-0.05, 0) is 23.7 Å². The van der Waals surface area contributed by atoms with Gasteiger partial charge in [-0.3, -0.25) is 0 Å². The van der Waals surface area contributed by atoms with Crippen LogP contribution in [0, 0.1) is 3.70 Å². The molecule has 1 heterocycles. The summed E-state index contributed by atoms with van der Waals surface area (Å²) in [7, 11) is 1.43. The molecule has 34 heavy (non-hydrogen) atoms. The monoisotopic (exact) mass is 574 g/mol. The van der Waals surface area contributed by atoms with Crippen molar-refractivity contribution in [3.05, 3.63) is 68.0 Å². The Hall–Kier alpha value is -2.22. The van der Waals surface area contributed by atoms with Gasteiger partial charge in [0.25, 0.3) is 5.69 Å². The second-order valence-corrected chi connectivity index (χ2v) is 11.1. The first-order valence-corrected chi connectivity index (χ1v) is 13.1. The van der Waals surface area contributed by atoms with Crippen LogP contribution in [0.15, 0.2) is 36.4 Å². The van der Waals surface area contributed by atoms with Crippen LogP contribution < -0.4 is 4.68 Å². The van der Waals surface area contributed by atoms with E-state index >= 15 is 0 Å². The molecule has 0 amide bonds. The van der Waals surface area contributed by atoms with E-state index in [4.69, 9.17) is 9.95 Å². The summed E-state index contributed by atoms with van der Waals surface area (Å²) in [6, 6.07) is 12.8. The van der Waals surface area contributed by atoms with Gasteiger partial charge < -0.3 is 4.74 Å². The van der Waals surface area contributed by atoms with Crippen molar-refractivity contribution in [2.45, 2.75) is 79.1 Å². The van der Waals surface area contributed by atoms with Crippen molar-refractivity contribution >= 4 is 28.6 Å². The van der Waals surface area contributed by atoms with Crippen molar-refractivity contribution in [1.82, 2.24) is 9.90 Å². The average molecular weight is 575 g/mol. The fourth-order valence-corrected chi connectivity index (χ4v) is 5.23. The molecule has 1 aromatic heterocycles. The van der Waals surface area contributed by atoms with E-state index in [1.165, 1.54) is 18.2 Å². The van der Waals surface area contributed by atoms with E-state index in [2.05, 4.69) is 114 Å². The second-order valence-electron chi connectivity index (χ2n) is 10.0. The van der Waals surface area contributed by atoms with Crippen LogP contribution in [0.4, 0.5) is 0 Å². The third kappa shape index (κ3) is 4.79. The van der Waals surface area contributed by atoms with E-state index in [-0.39, 0.29) is 11.8 Å². The summed E-state index contributed by atoms with van der Waals surface area (Å²) >= 11 is 2.25. The molecule has 182 valence electrons. The maximum absolute atomic E-state index is 13.2. The van der Waals surface area contributed by atoms with Gasteiger partial charge in [0.1, 0.15) is 5.21 Å². The molecule has 0 fully saturated rings. The van der Waals surface area contributed by atoms with Gasteiger partial charge in [0.05, 0.1) is 7.11 Å². The van der Waals surface area contributed by atoms with Crippen molar-refractivity contribution in [3.8, 4) is 11.4 Å². The number of para-hydroxylation sites is 2. The number of ether oxygens (including phenoxy) is 1. The van der Waals surface area contributed by atoms with Crippen molar-refractivity contribution in [3.63, 3.8) is 0 Å². The summed E-state index contributed by atoms with van der Waals surface area (Å²) in [5.41, 5.74) is 7.19. The second kappa shape index (κ2) is 10.6. The standard InChI is InChI=1S/C28H37IN3O2/c1-16(2)20-12-10-13-21(17(3)4)24(20)31-26(28(33)34-9)27(29)32(30-31)25-22(18(5)6)14-11-15-23(25)19(7)8/h10-19H,1-9H3/q+1. The molecule has 3 rings (SSSR count). The summed E-state index contributed by atoms with van der Waals surface area (Å²) in [5.74, 6) is 0.750. The molecule has 5 nitrogen and oxygen atoms in total. The Kier molecular flexibility index (Phi) is 8.22. The molecule has 6 heteroatoms. The predicted octanol–water partition coefficient (Wildman–Crippen LogP) is 7.03. The maximum atomic E-state index is 13.2. The van der Waals surface area contributed by atoms with Crippen LogP contribution in [0.1, 0.15) is 112 Å². The molecule has 0 atom stereocenters. The first-order chi connectivity index (χ1) is 16.0. The maximum Gasteiger partial charge on any atom is 0.385 e. The van der Waals surface area contributed by atoms with Gasteiger partial charge >= 0.3 is 5.97 Å². The molecule has 0 aliphatic heterocycles. The lowest BCUT2D eigenvalue weighted by atomic mass is 9.92. The summed E-state index contributed by atoms with van der Waals surface area (Å²) in [5, 5.41) is 5.12. The average Bonchev–Trinajstić information content (AvgIpc) is 3.13. The summed E-state index contributed by atoms with van der Waals surface area (Å²) in [6.07, 6.45) is 0. The third-order valence-electron chi connectivity index (χ3n) is 6.26. The van der Waals surface area contributed by atoms with Gasteiger partial charge in [0.15, 0.2) is 11.4 Å². The number of nitrogens with zero attached hydrogens (tertiary/aromatic N) is 3. The summed E-state index contributed by atoms with van der Waals surface area (Å²) in [6.45, 7) is 17.5. The molecule has 0 radical (unpaired) electrons. The largest absolute Gasteiger partial charge is 0.463 e. The Morgan fingerprint density at radius 3 is 1.62 bits per heavy atom. The number of rotatable bonds is 7. The summed E-state index contributed by atoms with van der Waals surface area (Å²) < 4.78 is 9.77. The highest BCUT2D eigenvalue weighted by atomic mass is 127. The van der Waals surface area contributed by atoms with Crippen molar-refractivity contribution in [2.75, 3.05) is 7.11 Å². The number of carbonyl (C=O) groups excluding carboxylic acids is 1. The van der Waals surface area contributed by atoms with E-state index < -0.39 is 5.97 Å². The van der Waals surface area contributed by atoms with Gasteiger partial charge in [0, 0.05) is 44.8 Å². The molecule has 0 saturated heterocycles. The number of benzene rings is 2. The number of methoxy groups -OCH3 is 1. The van der Waals surface area contributed by atoms with Crippen LogP contribution in [0.2, 0.25) is 0 Å². The number of halogens is 1. The zero-order valence-corrected chi connectivity index (χ0v) is 24.0. The highest BCUT2D eigenvalue weighted by Crippen LogP contribution is 2.33. The zero-order valence-electron chi connectivity index (χ0n) is 21.8. The Morgan fingerprint density at radius 1 is 0.824 bits per heavy atom. The molecule has 0 N–H and O–H groups in total. The van der Waals surface area contributed by atoms with Gasteiger partial charge in [-0.15, -0.1) is 0 Å². The quantitative estimate of drug-likeness (QED) is 0.173. The molecule has 3 aromatic rings. The fourth-order valence-electron chi connectivity index (χ4n) is 4.44. The minimum Gasteiger partial charge on any atom is -0.463 e. The van der Waals surface area contributed by atoms with Crippen molar-refractivity contribution in [2.24, 2.45) is 0 Å². The van der Waals surface area contributed by atoms with Gasteiger partial charge in [-0.1, -0.05) is 101 Å². The number of aromatic nitrogens is 3. The first kappa shape index (κ1) is 26.4. The molecular formula is C28H37IN3O2+. The van der Waals surface area contributed by atoms with Gasteiger partial charge in [-0.25, -0.2) is 4.79 Å². The van der Waals surface area contributed by atoms with E-state index in [0.717, 1.165) is 26.2 Å². The molecule has 0 saturated carbocycles. The van der Waals surface area contributed by atoms with E-state index in [1.54, 1.807) is 0 Å². The van der Waals surface area contributed by atoms with Crippen LogP contribution in [0.25, 0.3) is 11.4 Å². The highest BCUT2D eigenvalue weighted by Gasteiger charge is 2.37. The molecule has 2 aromatic carbocycles. The molecule has 0 spiro atoms. The van der Waals surface area contributed by atoms with E-state index in [0.29, 0.717) is 17.5 Å². The Balaban J connectivity index is 2.50. The van der Waals surface area contributed by atoms with Crippen LogP contribution >= 0.6 is 22.6 Å². The fraction of sp³-hybridized carbons (Fsp3) is 0.464. The topological polar surface area (TPSA) is 48.0 Å². The normalized spacial score (nSPS) is 11.8. The lowest BCUT2D eigenvalue weighted by Crippen LogP contribution is -2.42. The molecule has 0 aliphatic carbocycles. The number of carbonyl (C=O) groups is 1. The van der Waals surface area contributed by atoms with Gasteiger partial charge in [-0.2, -0.15) is 0 Å². The van der Waals surface area contributed by atoms with Crippen LogP contribution in [0.3, 0.4) is 0 Å². The van der Waals surface area contributed by atoms with E-state index in [9.17, 15) is 4.79 Å². The lowest BCUT2D eigenvalue weighted by molar-refractivity contribution is -0.664. The predicted molar refractivity (Wildman–Crippen MR) is 146 cm³/mol. The smallest absolute Gasteiger partial charge is 0.385 e. The molecule has 0 bridgehead atoms. The number of hydrogen-bond acceptors (Lipinski definition) is 3. The first-order valence-electron chi connectivity index (χ1n) is 12.1. The molecule has 0 aliphatic rings. The van der Waals surface area contributed by atoms with Gasteiger partial charge in [0.2, 0.25) is 3.70 Å². The van der Waals surface area contributed by atoms with Crippen molar-refractivity contribution < 1.29 is 14.2 Å². The molecule has 0 unspecified atom stereocenters. The lowest BCUT2D eigenvalue weighted by Gasteiger charge is -2.16. The van der Waals surface area contributed by atoms with Crippen LogP contribution in [-0.2, 0) is 4.74 Å². The number of esters is 1. The third-order valence-corrected chi connectivity index (χ3v) is 7.23. The van der Waals surface area contributed by atoms with E-state index in [1.807, 2.05) is 9.36 Å². The molecular weight excluding hydrogens is 537 g/mol. The highest BCUT2D eigenvalue weighted by molar-refractivity contribution is 14.1.